The van der Waals surface area contributed by atoms with E-state index in [0.29, 0.717) is 34.4 Å². The van der Waals surface area contributed by atoms with Gasteiger partial charge in [0.05, 0.1) is 19.0 Å². The molecule has 1 aromatic heterocycles. The molecule has 1 saturated heterocycles. The van der Waals surface area contributed by atoms with Gasteiger partial charge in [-0.15, -0.1) is 11.8 Å². The number of ether oxygens (including phenoxy) is 1. The van der Waals surface area contributed by atoms with E-state index in [1.165, 1.54) is 17.8 Å². The smallest absolute Gasteiger partial charge is 0.287 e. The van der Waals surface area contributed by atoms with Gasteiger partial charge in [-0.1, -0.05) is 17.7 Å². The van der Waals surface area contributed by atoms with E-state index in [9.17, 15) is 9.18 Å². The van der Waals surface area contributed by atoms with Crippen LogP contribution < -0.4 is 5.32 Å². The summed E-state index contributed by atoms with van der Waals surface area (Å²) in [7, 11) is 0. The molecule has 1 aliphatic rings. The highest BCUT2D eigenvalue weighted by Gasteiger charge is 2.14. The van der Waals surface area contributed by atoms with Crippen molar-refractivity contribution in [2.75, 3.05) is 39.4 Å². The van der Waals surface area contributed by atoms with E-state index >= 15 is 0 Å². The summed E-state index contributed by atoms with van der Waals surface area (Å²) in [5.41, 5.74) is 0.483. The Hall–Kier alpha value is -1.54. The fourth-order valence-electron chi connectivity index (χ4n) is 2.74. The molecule has 1 fully saturated rings. The third-order valence-electron chi connectivity index (χ3n) is 4.26. The molecule has 0 aliphatic carbocycles. The fraction of sp³-hybridized carbons (Fsp3) is 0.421. The van der Waals surface area contributed by atoms with Crippen LogP contribution in [0.2, 0.25) is 5.02 Å². The third-order valence-corrected chi connectivity index (χ3v) is 5.59. The molecule has 27 heavy (non-hydrogen) atoms. The first-order chi connectivity index (χ1) is 13.1. The van der Waals surface area contributed by atoms with Crippen LogP contribution >= 0.6 is 23.4 Å². The summed E-state index contributed by atoms with van der Waals surface area (Å²) >= 11 is 7.50. The Labute approximate surface area is 167 Å². The molecule has 0 saturated carbocycles. The average Bonchev–Trinajstić information content (AvgIpc) is 3.14. The van der Waals surface area contributed by atoms with Crippen LogP contribution in [0.3, 0.4) is 0 Å². The van der Waals surface area contributed by atoms with Crippen molar-refractivity contribution in [3.63, 3.8) is 0 Å². The molecule has 1 amide bonds. The summed E-state index contributed by atoms with van der Waals surface area (Å²) < 4.78 is 24.6. The molecule has 0 radical (unpaired) electrons. The van der Waals surface area contributed by atoms with Crippen molar-refractivity contribution in [3.8, 4) is 0 Å². The maximum atomic E-state index is 13.8. The van der Waals surface area contributed by atoms with Crippen molar-refractivity contribution in [2.24, 2.45) is 0 Å². The van der Waals surface area contributed by atoms with Crippen LogP contribution in [0.25, 0.3) is 0 Å². The molecule has 0 atom stereocenters. The van der Waals surface area contributed by atoms with Crippen LogP contribution in [0.4, 0.5) is 4.39 Å². The number of nitrogens with one attached hydrogen (secondary N) is 1. The second-order valence-electron chi connectivity index (χ2n) is 6.17. The average molecular weight is 413 g/mol. The summed E-state index contributed by atoms with van der Waals surface area (Å²) in [6.07, 6.45) is 0. The SMILES string of the molecule is O=C(NCCN1CCOCC1)c1ccc(CSCc2c(F)cccc2Cl)o1. The van der Waals surface area contributed by atoms with Crippen LogP contribution in [0, 0.1) is 5.82 Å². The zero-order chi connectivity index (χ0) is 19.1. The van der Waals surface area contributed by atoms with Crippen LogP contribution in [-0.4, -0.2) is 50.2 Å². The molecule has 3 rings (SSSR count). The molecule has 2 heterocycles. The first kappa shape index (κ1) is 20.2. The lowest BCUT2D eigenvalue weighted by Crippen LogP contribution is -2.41. The van der Waals surface area contributed by atoms with E-state index < -0.39 is 0 Å². The van der Waals surface area contributed by atoms with E-state index in [1.807, 2.05) is 0 Å². The van der Waals surface area contributed by atoms with E-state index in [-0.39, 0.29) is 17.5 Å². The normalized spacial score (nSPS) is 15.0. The standard InChI is InChI=1S/C19H22ClFN2O3S/c20-16-2-1-3-17(21)15(16)13-27-12-14-4-5-18(26-14)19(24)22-6-7-23-8-10-25-11-9-23/h1-5H,6-13H2,(H,22,24). The molecule has 146 valence electrons. The predicted molar refractivity (Wildman–Crippen MR) is 105 cm³/mol. The lowest BCUT2D eigenvalue weighted by Gasteiger charge is -2.26. The maximum Gasteiger partial charge on any atom is 0.287 e. The van der Waals surface area contributed by atoms with Gasteiger partial charge in [0.15, 0.2) is 5.76 Å². The number of amides is 1. The zero-order valence-corrected chi connectivity index (χ0v) is 16.5. The van der Waals surface area contributed by atoms with Crippen molar-refractivity contribution in [3.05, 3.63) is 58.3 Å². The molecule has 5 nitrogen and oxygen atoms in total. The lowest BCUT2D eigenvalue weighted by molar-refractivity contribution is 0.0382. The Balaban J connectivity index is 1.41. The number of rotatable bonds is 8. The quantitative estimate of drug-likeness (QED) is 0.718. The third kappa shape index (κ3) is 5.97. The van der Waals surface area contributed by atoms with Crippen LogP contribution in [0.1, 0.15) is 21.9 Å². The van der Waals surface area contributed by atoms with Gasteiger partial charge in [0.25, 0.3) is 5.91 Å². The molecule has 0 spiro atoms. The highest BCUT2D eigenvalue weighted by atomic mass is 35.5. The van der Waals surface area contributed by atoms with Crippen LogP contribution in [-0.2, 0) is 16.2 Å². The number of hydrogen-bond acceptors (Lipinski definition) is 5. The number of morpholine rings is 1. The van der Waals surface area contributed by atoms with Gasteiger partial charge in [-0.3, -0.25) is 9.69 Å². The number of thioether (sulfide) groups is 1. The summed E-state index contributed by atoms with van der Waals surface area (Å²) in [4.78, 5) is 14.4. The van der Waals surface area contributed by atoms with Gasteiger partial charge in [0.1, 0.15) is 11.6 Å². The maximum absolute atomic E-state index is 13.8. The Morgan fingerprint density at radius 3 is 2.81 bits per heavy atom. The monoisotopic (exact) mass is 412 g/mol. The van der Waals surface area contributed by atoms with Crippen molar-refractivity contribution < 1.29 is 18.3 Å². The van der Waals surface area contributed by atoms with E-state index in [1.54, 1.807) is 24.3 Å². The highest BCUT2D eigenvalue weighted by molar-refractivity contribution is 7.97. The number of hydrogen-bond donors (Lipinski definition) is 1. The minimum atomic E-state index is -0.310. The molecular formula is C19H22ClFN2O3S. The fourth-order valence-corrected chi connectivity index (χ4v) is 4.01. The minimum Gasteiger partial charge on any atom is -0.455 e. The van der Waals surface area contributed by atoms with Gasteiger partial charge in [0, 0.05) is 42.5 Å². The Morgan fingerprint density at radius 2 is 2.04 bits per heavy atom. The van der Waals surface area contributed by atoms with Crippen molar-refractivity contribution in [1.29, 1.82) is 0 Å². The van der Waals surface area contributed by atoms with Crippen LogP contribution in [0.15, 0.2) is 34.7 Å². The predicted octanol–water partition coefficient (Wildman–Crippen LogP) is 3.57. The van der Waals surface area contributed by atoms with Gasteiger partial charge >= 0.3 is 0 Å². The summed E-state index contributed by atoms with van der Waals surface area (Å²) in [6.45, 7) is 4.63. The van der Waals surface area contributed by atoms with E-state index in [4.69, 9.17) is 20.8 Å². The van der Waals surface area contributed by atoms with Gasteiger partial charge < -0.3 is 14.5 Å². The molecule has 8 heteroatoms. The van der Waals surface area contributed by atoms with Gasteiger partial charge in [0.2, 0.25) is 0 Å². The lowest BCUT2D eigenvalue weighted by atomic mass is 10.2. The topological polar surface area (TPSA) is 54.7 Å². The van der Waals surface area contributed by atoms with E-state index in [0.717, 1.165) is 32.8 Å². The zero-order valence-electron chi connectivity index (χ0n) is 14.9. The molecule has 0 unspecified atom stereocenters. The van der Waals surface area contributed by atoms with Crippen LogP contribution in [0.5, 0.6) is 0 Å². The number of carbonyl (C=O) groups excluding carboxylic acids is 1. The number of furan rings is 1. The molecule has 0 bridgehead atoms. The number of benzene rings is 1. The molecule has 2 aromatic rings. The minimum absolute atomic E-state index is 0.225. The Bertz CT molecular complexity index is 745. The Kier molecular flexibility index (Phi) is 7.58. The van der Waals surface area contributed by atoms with Gasteiger partial charge in [-0.05, 0) is 24.3 Å². The first-order valence-electron chi connectivity index (χ1n) is 8.81. The second-order valence-corrected chi connectivity index (χ2v) is 7.56. The van der Waals surface area contributed by atoms with Crippen molar-refractivity contribution in [1.82, 2.24) is 10.2 Å². The summed E-state index contributed by atoms with van der Waals surface area (Å²) in [5.74, 6) is 1.40. The van der Waals surface area contributed by atoms with E-state index in [2.05, 4.69) is 10.2 Å². The van der Waals surface area contributed by atoms with Crippen molar-refractivity contribution in [2.45, 2.75) is 11.5 Å². The number of halogens is 2. The molecule has 1 aromatic carbocycles. The van der Waals surface area contributed by atoms with Crippen molar-refractivity contribution >= 4 is 29.3 Å². The first-order valence-corrected chi connectivity index (χ1v) is 10.3. The number of carbonyl (C=O) groups is 1. The largest absolute Gasteiger partial charge is 0.455 e. The number of nitrogens with zero attached hydrogens (tertiary/aromatic N) is 1. The van der Waals surface area contributed by atoms with Gasteiger partial charge in [-0.2, -0.15) is 0 Å². The summed E-state index contributed by atoms with van der Waals surface area (Å²) in [5, 5.41) is 3.29. The van der Waals surface area contributed by atoms with Gasteiger partial charge in [-0.25, -0.2) is 4.39 Å². The second kappa shape index (κ2) is 10.1. The molecule has 1 aliphatic heterocycles. The highest BCUT2D eigenvalue weighted by Crippen LogP contribution is 2.26. The molecule has 1 N–H and O–H groups in total. The Morgan fingerprint density at radius 1 is 1.22 bits per heavy atom. The molecular weight excluding hydrogens is 391 g/mol. The summed E-state index contributed by atoms with van der Waals surface area (Å²) in [6, 6.07) is 8.09.